The molecule has 0 N–H and O–H groups in total. The van der Waals surface area contributed by atoms with Gasteiger partial charge in [0.15, 0.2) is 0 Å². The Balaban J connectivity index is 1.87. The van der Waals surface area contributed by atoms with Crippen molar-refractivity contribution in [2.24, 2.45) is 0 Å². The molecule has 3 rings (SSSR count). The summed E-state index contributed by atoms with van der Waals surface area (Å²) in [6.45, 7) is 5.62. The van der Waals surface area contributed by atoms with E-state index < -0.39 is 0 Å². The highest BCUT2D eigenvalue weighted by atomic mass is 16.2. The predicted octanol–water partition coefficient (Wildman–Crippen LogP) is 5.53. The minimum atomic E-state index is -0.252. The third kappa shape index (κ3) is 6.58. The van der Waals surface area contributed by atoms with Gasteiger partial charge in [0.05, 0.1) is 0 Å². The van der Waals surface area contributed by atoms with Crippen molar-refractivity contribution in [3.8, 4) is 6.07 Å². The zero-order chi connectivity index (χ0) is 22.8. The maximum atomic E-state index is 13.4. The van der Waals surface area contributed by atoms with Gasteiger partial charge < -0.3 is 9.80 Å². The lowest BCUT2D eigenvalue weighted by molar-refractivity contribution is -0.129. The maximum Gasteiger partial charge on any atom is 0.266 e. The van der Waals surface area contributed by atoms with Gasteiger partial charge in [-0.05, 0) is 30.5 Å². The van der Waals surface area contributed by atoms with Gasteiger partial charge in [0.25, 0.3) is 5.91 Å². The average Bonchev–Trinajstić information content (AvgIpc) is 2.82. The molecule has 3 aromatic carbocycles. The second-order valence-corrected chi connectivity index (χ2v) is 8.04. The van der Waals surface area contributed by atoms with E-state index in [2.05, 4.69) is 30.3 Å². The van der Waals surface area contributed by atoms with Crippen molar-refractivity contribution in [2.45, 2.75) is 39.5 Å². The Hall–Kier alpha value is -3.84. The molecule has 0 bridgehead atoms. The van der Waals surface area contributed by atoms with Gasteiger partial charge in [-0.2, -0.15) is 5.26 Å². The SMILES string of the molecule is CC(C)N(Cc1ccccc1)C(=O)/C(C#N)=C\N(Cc1ccccc1)Cc1ccccc1. The Kier molecular flexibility index (Phi) is 8.22. The van der Waals surface area contributed by atoms with Crippen LogP contribution in [-0.4, -0.2) is 21.7 Å². The summed E-state index contributed by atoms with van der Waals surface area (Å²) in [5.41, 5.74) is 3.42. The van der Waals surface area contributed by atoms with E-state index in [9.17, 15) is 10.1 Å². The number of hydrogen-bond donors (Lipinski definition) is 0. The van der Waals surface area contributed by atoms with Crippen LogP contribution >= 0.6 is 0 Å². The molecule has 0 atom stereocenters. The number of carbonyl (C=O) groups excluding carboxylic acids is 1. The molecular weight excluding hydrogens is 394 g/mol. The van der Waals surface area contributed by atoms with Gasteiger partial charge >= 0.3 is 0 Å². The van der Waals surface area contributed by atoms with E-state index in [1.165, 1.54) is 0 Å². The van der Waals surface area contributed by atoms with Crippen LogP contribution < -0.4 is 0 Å². The number of nitriles is 1. The number of benzene rings is 3. The van der Waals surface area contributed by atoms with Crippen LogP contribution in [0.25, 0.3) is 0 Å². The summed E-state index contributed by atoms with van der Waals surface area (Å²) in [6, 6.07) is 32.1. The molecule has 162 valence electrons. The molecule has 0 spiro atoms. The molecule has 3 aromatic rings. The molecule has 32 heavy (non-hydrogen) atoms. The first-order valence-electron chi connectivity index (χ1n) is 10.9. The van der Waals surface area contributed by atoms with E-state index in [1.54, 1.807) is 11.1 Å². The topological polar surface area (TPSA) is 47.3 Å². The van der Waals surface area contributed by atoms with E-state index in [0.717, 1.165) is 16.7 Å². The molecule has 0 fully saturated rings. The van der Waals surface area contributed by atoms with E-state index in [-0.39, 0.29) is 17.5 Å². The molecule has 0 unspecified atom stereocenters. The normalized spacial score (nSPS) is 11.1. The van der Waals surface area contributed by atoms with Crippen LogP contribution in [-0.2, 0) is 24.4 Å². The number of carbonyl (C=O) groups is 1. The van der Waals surface area contributed by atoms with Crippen molar-refractivity contribution in [3.63, 3.8) is 0 Å². The molecule has 0 aliphatic carbocycles. The Morgan fingerprint density at radius 2 is 1.19 bits per heavy atom. The molecule has 4 nitrogen and oxygen atoms in total. The maximum absolute atomic E-state index is 13.4. The summed E-state index contributed by atoms with van der Waals surface area (Å²) in [5, 5.41) is 9.88. The summed E-state index contributed by atoms with van der Waals surface area (Å²) in [7, 11) is 0. The van der Waals surface area contributed by atoms with Gasteiger partial charge in [-0.25, -0.2) is 0 Å². The van der Waals surface area contributed by atoms with Crippen molar-refractivity contribution in [1.82, 2.24) is 9.80 Å². The van der Waals surface area contributed by atoms with Crippen LogP contribution in [0, 0.1) is 11.3 Å². The molecule has 0 radical (unpaired) electrons. The summed E-state index contributed by atoms with van der Waals surface area (Å²) in [6.07, 6.45) is 1.71. The van der Waals surface area contributed by atoms with Gasteiger partial charge in [0, 0.05) is 31.9 Å². The first kappa shape index (κ1) is 22.8. The average molecular weight is 424 g/mol. The largest absolute Gasteiger partial charge is 0.367 e. The van der Waals surface area contributed by atoms with Gasteiger partial charge in [-0.1, -0.05) is 91.0 Å². The molecule has 0 heterocycles. The summed E-state index contributed by atoms with van der Waals surface area (Å²) in [5.74, 6) is -0.252. The van der Waals surface area contributed by atoms with E-state index in [4.69, 9.17) is 0 Å². The highest BCUT2D eigenvalue weighted by Gasteiger charge is 2.22. The fraction of sp³-hybridized carbons (Fsp3) is 0.214. The van der Waals surface area contributed by atoms with Crippen molar-refractivity contribution < 1.29 is 4.79 Å². The number of hydrogen-bond acceptors (Lipinski definition) is 3. The molecule has 1 amide bonds. The lowest BCUT2D eigenvalue weighted by Gasteiger charge is -2.28. The Labute approximate surface area is 191 Å². The molecular formula is C28H29N3O. The molecule has 0 saturated carbocycles. The van der Waals surface area contributed by atoms with Crippen LogP contribution in [0.1, 0.15) is 30.5 Å². The van der Waals surface area contributed by atoms with Crippen LogP contribution in [0.15, 0.2) is 103 Å². The van der Waals surface area contributed by atoms with Crippen LogP contribution in [0.5, 0.6) is 0 Å². The zero-order valence-electron chi connectivity index (χ0n) is 18.7. The second kappa shape index (κ2) is 11.5. The highest BCUT2D eigenvalue weighted by Crippen LogP contribution is 2.16. The van der Waals surface area contributed by atoms with Crippen LogP contribution in [0.3, 0.4) is 0 Å². The van der Waals surface area contributed by atoms with Gasteiger partial charge in [0.2, 0.25) is 0 Å². The van der Waals surface area contributed by atoms with E-state index in [1.807, 2.05) is 85.5 Å². The first-order chi connectivity index (χ1) is 15.6. The fourth-order valence-corrected chi connectivity index (χ4v) is 3.52. The minimum Gasteiger partial charge on any atom is -0.367 e. The smallest absolute Gasteiger partial charge is 0.266 e. The fourth-order valence-electron chi connectivity index (χ4n) is 3.52. The van der Waals surface area contributed by atoms with E-state index >= 15 is 0 Å². The highest BCUT2D eigenvalue weighted by molar-refractivity contribution is 5.97. The molecule has 0 aromatic heterocycles. The quantitative estimate of drug-likeness (QED) is 0.336. The minimum absolute atomic E-state index is 0.0313. The Morgan fingerprint density at radius 3 is 1.56 bits per heavy atom. The third-order valence-electron chi connectivity index (χ3n) is 5.20. The Bertz CT molecular complexity index is 1010. The lowest BCUT2D eigenvalue weighted by atomic mass is 10.1. The standard InChI is InChI=1S/C28H29N3O/c1-23(2)31(21-26-16-10-5-11-17-26)28(32)27(18-29)22-30(19-24-12-6-3-7-13-24)20-25-14-8-4-9-15-25/h3-17,22-23H,19-21H2,1-2H3/b27-22-. The van der Waals surface area contributed by atoms with Gasteiger partial charge in [-0.3, -0.25) is 4.79 Å². The Morgan fingerprint density at radius 1 is 0.781 bits per heavy atom. The van der Waals surface area contributed by atoms with Crippen molar-refractivity contribution in [1.29, 1.82) is 5.26 Å². The third-order valence-corrected chi connectivity index (χ3v) is 5.20. The van der Waals surface area contributed by atoms with Crippen LogP contribution in [0.2, 0.25) is 0 Å². The molecule has 0 aliphatic heterocycles. The van der Waals surface area contributed by atoms with Crippen molar-refractivity contribution in [3.05, 3.63) is 119 Å². The monoisotopic (exact) mass is 423 g/mol. The van der Waals surface area contributed by atoms with Gasteiger partial charge in [-0.15, -0.1) is 0 Å². The summed E-state index contributed by atoms with van der Waals surface area (Å²) >= 11 is 0. The summed E-state index contributed by atoms with van der Waals surface area (Å²) in [4.78, 5) is 17.1. The predicted molar refractivity (Wildman–Crippen MR) is 128 cm³/mol. The molecule has 4 heteroatoms. The van der Waals surface area contributed by atoms with Crippen molar-refractivity contribution >= 4 is 5.91 Å². The number of nitrogens with zero attached hydrogens (tertiary/aromatic N) is 3. The van der Waals surface area contributed by atoms with Crippen LogP contribution in [0.4, 0.5) is 0 Å². The van der Waals surface area contributed by atoms with E-state index in [0.29, 0.717) is 19.6 Å². The second-order valence-electron chi connectivity index (χ2n) is 8.04. The first-order valence-corrected chi connectivity index (χ1v) is 10.9. The zero-order valence-corrected chi connectivity index (χ0v) is 18.7. The van der Waals surface area contributed by atoms with Gasteiger partial charge in [0.1, 0.15) is 11.6 Å². The lowest BCUT2D eigenvalue weighted by Crippen LogP contribution is -2.37. The molecule has 0 aliphatic rings. The number of rotatable bonds is 9. The number of amides is 1. The van der Waals surface area contributed by atoms with Crippen molar-refractivity contribution in [2.75, 3.05) is 0 Å². The summed E-state index contributed by atoms with van der Waals surface area (Å²) < 4.78 is 0. The molecule has 0 saturated heterocycles.